The third-order valence-corrected chi connectivity index (χ3v) is 4.90. The maximum atomic E-state index is 12.7. The fraction of sp³-hybridized carbons (Fsp3) is 0.136. The summed E-state index contributed by atoms with van der Waals surface area (Å²) in [5.74, 6) is -1.59. The van der Waals surface area contributed by atoms with Gasteiger partial charge < -0.3 is 14.8 Å². The van der Waals surface area contributed by atoms with Crippen LogP contribution in [0, 0.1) is 6.92 Å². The SMILES string of the molecule is CONC(=O)C1=C(c2cc3c(C)cccc3[nH]2)C(O)(c2ccccc2)OC1=C=O. The number of aromatic nitrogens is 1. The highest BCUT2D eigenvalue weighted by Crippen LogP contribution is 2.48. The Morgan fingerprint density at radius 3 is 2.62 bits per heavy atom. The van der Waals surface area contributed by atoms with Gasteiger partial charge in [-0.1, -0.05) is 42.5 Å². The maximum Gasteiger partial charge on any atom is 0.280 e. The number of nitrogens with one attached hydrogen (secondary N) is 2. The standard InChI is InChI=1S/C22H18N2O5/c1-13-7-6-10-16-15(13)11-17(23-16)20-19(21(26)24-28-2)18(12-25)29-22(20,27)14-8-4-3-5-9-14/h3-11,23,27H,1-2H3,(H,24,26). The van der Waals surface area contributed by atoms with Crippen molar-refractivity contribution in [2.24, 2.45) is 0 Å². The van der Waals surface area contributed by atoms with Gasteiger partial charge in [0.2, 0.25) is 5.76 Å². The second-order valence-corrected chi connectivity index (χ2v) is 6.65. The van der Waals surface area contributed by atoms with Crippen LogP contribution in [0.2, 0.25) is 0 Å². The molecule has 7 nitrogen and oxygen atoms in total. The molecular weight excluding hydrogens is 372 g/mol. The van der Waals surface area contributed by atoms with E-state index in [1.54, 1.807) is 36.3 Å². The van der Waals surface area contributed by atoms with Gasteiger partial charge in [0.15, 0.2) is 5.94 Å². The van der Waals surface area contributed by atoms with Gasteiger partial charge in [-0.05, 0) is 24.6 Å². The molecule has 1 unspecified atom stereocenters. The van der Waals surface area contributed by atoms with Gasteiger partial charge in [0.25, 0.3) is 11.7 Å². The molecule has 2 aromatic carbocycles. The first-order valence-electron chi connectivity index (χ1n) is 8.88. The van der Waals surface area contributed by atoms with Crippen LogP contribution in [-0.2, 0) is 25.0 Å². The van der Waals surface area contributed by atoms with Crippen molar-refractivity contribution in [1.82, 2.24) is 10.5 Å². The third kappa shape index (κ3) is 2.94. The molecule has 0 bridgehead atoms. The van der Waals surface area contributed by atoms with Gasteiger partial charge in [0.05, 0.1) is 18.4 Å². The molecule has 0 spiro atoms. The van der Waals surface area contributed by atoms with Crippen LogP contribution in [-0.4, -0.2) is 29.0 Å². The number of H-pyrrole nitrogens is 1. The first-order chi connectivity index (χ1) is 14.0. The fourth-order valence-corrected chi connectivity index (χ4v) is 3.59. The van der Waals surface area contributed by atoms with Gasteiger partial charge in [-0.2, -0.15) is 0 Å². The van der Waals surface area contributed by atoms with E-state index in [9.17, 15) is 14.7 Å². The molecule has 0 fully saturated rings. The summed E-state index contributed by atoms with van der Waals surface area (Å²) in [5, 5.41) is 12.5. The Hall–Kier alpha value is -3.64. The normalized spacial score (nSPS) is 18.7. The van der Waals surface area contributed by atoms with Crippen molar-refractivity contribution in [1.29, 1.82) is 0 Å². The molecule has 0 saturated carbocycles. The molecule has 1 aliphatic rings. The Morgan fingerprint density at radius 1 is 1.21 bits per heavy atom. The van der Waals surface area contributed by atoms with E-state index in [1.807, 2.05) is 31.2 Å². The number of benzene rings is 2. The average Bonchev–Trinajstić information content (AvgIpc) is 3.29. The number of hydrogen-bond donors (Lipinski definition) is 3. The third-order valence-electron chi connectivity index (χ3n) is 4.90. The summed E-state index contributed by atoms with van der Waals surface area (Å²) >= 11 is 0. The summed E-state index contributed by atoms with van der Waals surface area (Å²) in [5.41, 5.74) is 4.76. The number of fused-ring (bicyclic) bond motifs is 1. The van der Waals surface area contributed by atoms with Crippen LogP contribution >= 0.6 is 0 Å². The zero-order valence-corrected chi connectivity index (χ0v) is 15.8. The second kappa shape index (κ2) is 7.07. The minimum absolute atomic E-state index is 0.104. The van der Waals surface area contributed by atoms with Crippen molar-refractivity contribution >= 4 is 28.3 Å². The van der Waals surface area contributed by atoms with E-state index in [4.69, 9.17) is 9.57 Å². The lowest BCUT2D eigenvalue weighted by Crippen LogP contribution is -2.28. The van der Waals surface area contributed by atoms with Crippen molar-refractivity contribution < 1.29 is 24.3 Å². The number of aryl methyl sites for hydroxylation is 1. The molecular formula is C22H18N2O5. The number of carbonyl (C=O) groups is 1. The highest BCUT2D eigenvalue weighted by molar-refractivity contribution is 6.09. The Morgan fingerprint density at radius 2 is 1.97 bits per heavy atom. The number of aromatic amines is 1. The van der Waals surface area contributed by atoms with E-state index >= 15 is 0 Å². The molecule has 0 radical (unpaired) electrons. The lowest BCUT2D eigenvalue weighted by Gasteiger charge is -2.25. The summed E-state index contributed by atoms with van der Waals surface area (Å²) in [4.78, 5) is 32.2. The lowest BCUT2D eigenvalue weighted by atomic mass is 9.92. The predicted octanol–water partition coefficient (Wildman–Crippen LogP) is 2.50. The molecule has 2 heterocycles. The molecule has 1 atom stereocenters. The first kappa shape index (κ1) is 18.7. The van der Waals surface area contributed by atoms with Crippen molar-refractivity contribution in [2.45, 2.75) is 12.7 Å². The number of carbonyl (C=O) groups excluding carboxylic acids is 2. The fourth-order valence-electron chi connectivity index (χ4n) is 3.59. The molecule has 1 aliphatic heterocycles. The molecule has 0 saturated heterocycles. The molecule has 146 valence electrons. The van der Waals surface area contributed by atoms with Gasteiger partial charge in [0.1, 0.15) is 5.57 Å². The molecule has 7 heteroatoms. The van der Waals surface area contributed by atoms with E-state index in [0.717, 1.165) is 16.5 Å². The number of hydrogen-bond acceptors (Lipinski definition) is 5. The van der Waals surface area contributed by atoms with Crippen LogP contribution in [0.3, 0.4) is 0 Å². The van der Waals surface area contributed by atoms with E-state index in [2.05, 4.69) is 10.5 Å². The maximum absolute atomic E-state index is 12.7. The van der Waals surface area contributed by atoms with Gasteiger partial charge in [0, 0.05) is 16.5 Å². The summed E-state index contributed by atoms with van der Waals surface area (Å²) in [6.45, 7) is 1.96. The molecule has 0 aliphatic carbocycles. The topological polar surface area (TPSA) is 101 Å². The van der Waals surface area contributed by atoms with Crippen LogP contribution in [0.15, 0.2) is 65.9 Å². The Bertz CT molecular complexity index is 1190. The number of ether oxygens (including phenoxy) is 1. The minimum Gasteiger partial charge on any atom is -0.442 e. The quantitative estimate of drug-likeness (QED) is 0.469. The minimum atomic E-state index is -2.07. The molecule has 3 N–H and O–H groups in total. The largest absolute Gasteiger partial charge is 0.442 e. The van der Waals surface area contributed by atoms with Gasteiger partial charge in [-0.3, -0.25) is 9.63 Å². The van der Waals surface area contributed by atoms with Crippen LogP contribution in [0.25, 0.3) is 16.5 Å². The van der Waals surface area contributed by atoms with Crippen LogP contribution in [0.1, 0.15) is 16.8 Å². The monoisotopic (exact) mass is 390 g/mol. The van der Waals surface area contributed by atoms with E-state index in [0.29, 0.717) is 11.3 Å². The summed E-state index contributed by atoms with van der Waals surface area (Å²) in [6.07, 6.45) is 0. The smallest absolute Gasteiger partial charge is 0.280 e. The van der Waals surface area contributed by atoms with Gasteiger partial charge in [-0.25, -0.2) is 10.3 Å². The number of aliphatic hydroxyl groups is 1. The molecule has 1 aromatic heterocycles. The number of amides is 1. The van der Waals surface area contributed by atoms with Crippen LogP contribution in [0.4, 0.5) is 0 Å². The highest BCUT2D eigenvalue weighted by atomic mass is 16.6. The van der Waals surface area contributed by atoms with Crippen molar-refractivity contribution in [3.05, 3.63) is 82.8 Å². The summed E-state index contributed by atoms with van der Waals surface area (Å²) < 4.78 is 5.60. The van der Waals surface area contributed by atoms with E-state index in [-0.39, 0.29) is 11.1 Å². The Balaban J connectivity index is 2.04. The molecule has 1 amide bonds. The molecule has 29 heavy (non-hydrogen) atoms. The molecule has 4 rings (SSSR count). The second-order valence-electron chi connectivity index (χ2n) is 6.65. The Labute approximate surface area is 166 Å². The Kier molecular flexibility index (Phi) is 4.56. The number of rotatable bonds is 4. The zero-order chi connectivity index (χ0) is 20.6. The van der Waals surface area contributed by atoms with Crippen LogP contribution in [0.5, 0.6) is 0 Å². The van der Waals surface area contributed by atoms with E-state index < -0.39 is 17.5 Å². The zero-order valence-electron chi connectivity index (χ0n) is 15.8. The van der Waals surface area contributed by atoms with E-state index in [1.165, 1.54) is 7.11 Å². The summed E-state index contributed by atoms with van der Waals surface area (Å²) in [7, 11) is 1.27. The van der Waals surface area contributed by atoms with Crippen molar-refractivity contribution in [3.8, 4) is 0 Å². The summed E-state index contributed by atoms with van der Waals surface area (Å²) in [6, 6.07) is 16.1. The van der Waals surface area contributed by atoms with Gasteiger partial charge >= 0.3 is 0 Å². The van der Waals surface area contributed by atoms with Crippen molar-refractivity contribution in [2.75, 3.05) is 7.11 Å². The average molecular weight is 390 g/mol. The number of hydroxylamine groups is 1. The lowest BCUT2D eigenvalue weighted by molar-refractivity contribution is -0.128. The highest BCUT2D eigenvalue weighted by Gasteiger charge is 2.50. The van der Waals surface area contributed by atoms with Crippen molar-refractivity contribution in [3.63, 3.8) is 0 Å². The van der Waals surface area contributed by atoms with Gasteiger partial charge in [-0.15, -0.1) is 0 Å². The molecule has 3 aromatic rings. The van der Waals surface area contributed by atoms with Crippen LogP contribution < -0.4 is 5.48 Å². The predicted molar refractivity (Wildman–Crippen MR) is 106 cm³/mol. The first-order valence-corrected chi connectivity index (χ1v) is 8.88.